The summed E-state index contributed by atoms with van der Waals surface area (Å²) in [6, 6.07) is 2.77. The summed E-state index contributed by atoms with van der Waals surface area (Å²) in [5.74, 6) is 0. The summed E-state index contributed by atoms with van der Waals surface area (Å²) >= 11 is 0. The van der Waals surface area contributed by atoms with Crippen LogP contribution in [0.2, 0.25) is 0 Å². The van der Waals surface area contributed by atoms with E-state index in [4.69, 9.17) is 4.74 Å². The van der Waals surface area contributed by atoms with E-state index in [2.05, 4.69) is 15.3 Å². The van der Waals surface area contributed by atoms with Crippen molar-refractivity contribution in [1.29, 1.82) is 0 Å². The van der Waals surface area contributed by atoms with E-state index in [9.17, 15) is 18.0 Å². The minimum absolute atomic E-state index is 0.0501. The monoisotopic (exact) mass is 285 g/mol. The van der Waals surface area contributed by atoms with Crippen LogP contribution in [0.15, 0.2) is 24.4 Å². The van der Waals surface area contributed by atoms with Gasteiger partial charge in [0.15, 0.2) is 0 Å². The maximum Gasteiger partial charge on any atom is 0.416 e. The maximum atomic E-state index is 12.6. The van der Waals surface area contributed by atoms with Gasteiger partial charge in [-0.1, -0.05) is 6.07 Å². The number of amides is 1. The number of hydrogen-bond donors (Lipinski definition) is 1. The quantitative estimate of drug-likeness (QED) is 0.921. The van der Waals surface area contributed by atoms with Crippen molar-refractivity contribution >= 4 is 17.0 Å². The van der Waals surface area contributed by atoms with E-state index < -0.39 is 17.8 Å². The van der Waals surface area contributed by atoms with Crippen LogP contribution in [-0.2, 0) is 6.18 Å². The molecule has 0 aliphatic rings. The Kier molecular flexibility index (Phi) is 3.73. The Bertz CT molecular complexity index is 643. The summed E-state index contributed by atoms with van der Waals surface area (Å²) in [6.45, 7) is 2.04. The molecule has 1 aromatic carbocycles. The van der Waals surface area contributed by atoms with Gasteiger partial charge >= 0.3 is 18.3 Å². The predicted molar refractivity (Wildman–Crippen MR) is 64.2 cm³/mol. The van der Waals surface area contributed by atoms with Gasteiger partial charge in [0.1, 0.15) is 0 Å². The summed E-state index contributed by atoms with van der Waals surface area (Å²) in [5.41, 5.74) is -0.776. The van der Waals surface area contributed by atoms with Crippen LogP contribution in [0.3, 0.4) is 0 Å². The number of carbonyl (C=O) groups is 1. The first-order valence-corrected chi connectivity index (χ1v) is 5.70. The number of aromatic nitrogens is 2. The fraction of sp³-hybridized carbons (Fsp3) is 0.250. The van der Waals surface area contributed by atoms with Crippen molar-refractivity contribution in [2.24, 2.45) is 0 Å². The molecule has 0 fully saturated rings. The van der Waals surface area contributed by atoms with Gasteiger partial charge in [-0.25, -0.2) is 9.78 Å². The third kappa shape index (κ3) is 3.14. The molecular weight excluding hydrogens is 275 g/mol. The van der Waals surface area contributed by atoms with Gasteiger partial charge in [0.2, 0.25) is 0 Å². The molecule has 1 N–H and O–H groups in total. The van der Waals surface area contributed by atoms with Crippen molar-refractivity contribution in [2.75, 3.05) is 6.54 Å². The van der Waals surface area contributed by atoms with Crippen LogP contribution in [0.25, 0.3) is 10.9 Å². The third-order valence-electron chi connectivity index (χ3n) is 2.39. The fourth-order valence-electron chi connectivity index (χ4n) is 1.50. The van der Waals surface area contributed by atoms with Gasteiger partial charge in [0.25, 0.3) is 0 Å². The van der Waals surface area contributed by atoms with E-state index in [0.717, 1.165) is 12.1 Å². The van der Waals surface area contributed by atoms with Crippen LogP contribution in [-0.4, -0.2) is 22.6 Å². The third-order valence-corrected chi connectivity index (χ3v) is 2.39. The Labute approximate surface area is 111 Å². The van der Waals surface area contributed by atoms with E-state index in [1.54, 1.807) is 6.92 Å². The smallest absolute Gasteiger partial charge is 0.374 e. The molecule has 0 bridgehead atoms. The molecule has 2 aromatic rings. The van der Waals surface area contributed by atoms with E-state index in [-0.39, 0.29) is 11.5 Å². The number of fused-ring (bicyclic) bond motifs is 1. The lowest BCUT2D eigenvalue weighted by molar-refractivity contribution is -0.137. The molecule has 0 aliphatic heterocycles. The minimum atomic E-state index is -4.46. The first-order valence-electron chi connectivity index (χ1n) is 5.70. The van der Waals surface area contributed by atoms with Gasteiger partial charge in [-0.2, -0.15) is 18.2 Å². The largest absolute Gasteiger partial charge is 0.416 e. The van der Waals surface area contributed by atoms with Crippen molar-refractivity contribution < 1.29 is 22.7 Å². The molecule has 8 heteroatoms. The molecule has 1 aromatic heterocycles. The fourth-order valence-corrected chi connectivity index (χ4v) is 1.50. The molecule has 20 heavy (non-hydrogen) atoms. The molecule has 1 amide bonds. The number of nitrogens with one attached hydrogen (secondary N) is 1. The lowest BCUT2D eigenvalue weighted by atomic mass is 10.1. The number of hydrogen-bond acceptors (Lipinski definition) is 4. The molecule has 0 unspecified atom stereocenters. The standard InChI is InChI=1S/C12H10F3N3O2/c1-2-16-11(19)20-10-17-6-7-3-4-8(12(13,14)15)5-9(7)18-10/h3-6H,2H2,1H3,(H,16,19). The molecule has 2 rings (SSSR count). The second-order valence-corrected chi connectivity index (χ2v) is 3.84. The number of nitrogens with zero attached hydrogens (tertiary/aromatic N) is 2. The second kappa shape index (κ2) is 5.32. The average molecular weight is 285 g/mol. The zero-order valence-electron chi connectivity index (χ0n) is 10.4. The summed E-state index contributed by atoms with van der Waals surface area (Å²) in [6.07, 6.45) is -3.93. The lowest BCUT2D eigenvalue weighted by Crippen LogP contribution is -2.26. The van der Waals surface area contributed by atoms with Gasteiger partial charge in [-0.15, -0.1) is 0 Å². The average Bonchev–Trinajstić information content (AvgIpc) is 2.37. The molecule has 106 valence electrons. The SMILES string of the molecule is CCNC(=O)Oc1ncc2ccc(C(F)(F)F)cc2n1. The number of benzene rings is 1. The summed E-state index contributed by atoms with van der Waals surface area (Å²) < 4.78 is 42.5. The van der Waals surface area contributed by atoms with Gasteiger partial charge in [0.05, 0.1) is 11.1 Å². The van der Waals surface area contributed by atoms with Gasteiger partial charge in [0, 0.05) is 18.1 Å². The predicted octanol–water partition coefficient (Wildman–Crippen LogP) is 2.76. The summed E-state index contributed by atoms with van der Waals surface area (Å²) in [5, 5.41) is 2.77. The molecule has 5 nitrogen and oxygen atoms in total. The maximum absolute atomic E-state index is 12.6. The number of halogens is 3. The molecule has 0 saturated heterocycles. The van der Waals surface area contributed by atoms with Crippen LogP contribution in [0.5, 0.6) is 6.01 Å². The number of ether oxygens (including phenoxy) is 1. The first-order chi connectivity index (χ1) is 9.40. The molecular formula is C12H10F3N3O2. The van der Waals surface area contributed by atoms with Crippen LogP contribution in [0.4, 0.5) is 18.0 Å². The highest BCUT2D eigenvalue weighted by molar-refractivity contribution is 5.79. The molecule has 1 heterocycles. The Balaban J connectivity index is 2.34. The lowest BCUT2D eigenvalue weighted by Gasteiger charge is -2.08. The van der Waals surface area contributed by atoms with Crippen molar-refractivity contribution in [3.8, 4) is 6.01 Å². The molecule has 0 spiro atoms. The van der Waals surface area contributed by atoms with Gasteiger partial charge in [-0.3, -0.25) is 0 Å². The summed E-state index contributed by atoms with van der Waals surface area (Å²) in [4.78, 5) is 18.7. The van der Waals surface area contributed by atoms with Gasteiger partial charge in [-0.05, 0) is 19.1 Å². The zero-order chi connectivity index (χ0) is 14.8. The first kappa shape index (κ1) is 14.0. The highest BCUT2D eigenvalue weighted by atomic mass is 19.4. The van der Waals surface area contributed by atoms with E-state index >= 15 is 0 Å². The minimum Gasteiger partial charge on any atom is -0.374 e. The van der Waals surface area contributed by atoms with Crippen LogP contribution in [0, 0.1) is 0 Å². The normalized spacial score (nSPS) is 11.4. The molecule has 0 saturated carbocycles. The molecule has 0 radical (unpaired) electrons. The highest BCUT2D eigenvalue weighted by Gasteiger charge is 2.30. The summed E-state index contributed by atoms with van der Waals surface area (Å²) in [7, 11) is 0. The number of rotatable bonds is 2. The van der Waals surface area contributed by atoms with E-state index in [0.29, 0.717) is 11.9 Å². The highest BCUT2D eigenvalue weighted by Crippen LogP contribution is 2.31. The zero-order valence-corrected chi connectivity index (χ0v) is 10.4. The van der Waals surface area contributed by atoms with Crippen molar-refractivity contribution in [3.05, 3.63) is 30.0 Å². The van der Waals surface area contributed by atoms with Crippen LogP contribution < -0.4 is 10.1 Å². The Morgan fingerprint density at radius 2 is 2.15 bits per heavy atom. The van der Waals surface area contributed by atoms with E-state index in [1.807, 2.05) is 0 Å². The van der Waals surface area contributed by atoms with Crippen molar-refractivity contribution in [3.63, 3.8) is 0 Å². The Morgan fingerprint density at radius 3 is 2.80 bits per heavy atom. The van der Waals surface area contributed by atoms with Crippen molar-refractivity contribution in [1.82, 2.24) is 15.3 Å². The molecule has 0 atom stereocenters. The van der Waals surface area contributed by atoms with Crippen LogP contribution in [0.1, 0.15) is 12.5 Å². The second-order valence-electron chi connectivity index (χ2n) is 3.84. The van der Waals surface area contributed by atoms with Gasteiger partial charge < -0.3 is 10.1 Å². The Morgan fingerprint density at radius 1 is 1.40 bits per heavy atom. The number of carbonyl (C=O) groups excluding carboxylic acids is 1. The van der Waals surface area contributed by atoms with E-state index in [1.165, 1.54) is 12.3 Å². The van der Waals surface area contributed by atoms with Crippen molar-refractivity contribution in [2.45, 2.75) is 13.1 Å². The topological polar surface area (TPSA) is 64.1 Å². The van der Waals surface area contributed by atoms with Crippen LogP contribution >= 0.6 is 0 Å². The Hall–Kier alpha value is -2.38. The number of alkyl halides is 3. The molecule has 0 aliphatic carbocycles.